The first-order valence-electron chi connectivity index (χ1n) is 4.23. The number of amides is 1. The summed E-state index contributed by atoms with van der Waals surface area (Å²) in [6.07, 6.45) is 1.08. The summed E-state index contributed by atoms with van der Waals surface area (Å²) in [5.74, 6) is -1.04. The predicted octanol–water partition coefficient (Wildman–Crippen LogP) is -0.941. The molecule has 0 aliphatic carbocycles. The van der Waals surface area contributed by atoms with Crippen molar-refractivity contribution in [3.8, 4) is 0 Å². The lowest BCUT2D eigenvalue weighted by Gasteiger charge is -2.08. The maximum Gasteiger partial charge on any atom is 0.313 e. The molecule has 0 saturated carbocycles. The Morgan fingerprint density at radius 3 is 2.36 bits per heavy atom. The third-order valence-electron chi connectivity index (χ3n) is 1.66. The molecule has 0 radical (unpaired) electrons. The number of hydrogen-bond donors (Lipinski definition) is 2. The summed E-state index contributed by atoms with van der Waals surface area (Å²) in [7, 11) is 0. The van der Waals surface area contributed by atoms with Crippen molar-refractivity contribution in [3.05, 3.63) is 0 Å². The molecule has 6 nitrogen and oxygen atoms in total. The molecular formula is C8H14N2O4. The van der Waals surface area contributed by atoms with E-state index in [2.05, 4.69) is 4.74 Å². The summed E-state index contributed by atoms with van der Waals surface area (Å²) in [5, 5.41) is 0. The third kappa shape index (κ3) is 7.23. The number of carbonyl (C=O) groups excluding carboxylic acids is 3. The lowest BCUT2D eigenvalue weighted by atomic mass is 10.1. The SMILES string of the molecule is NC(=O)CCC(N)CCC(=O)OC=O. The van der Waals surface area contributed by atoms with E-state index >= 15 is 0 Å². The molecule has 80 valence electrons. The molecule has 0 rings (SSSR count). The van der Waals surface area contributed by atoms with Gasteiger partial charge in [0, 0.05) is 18.9 Å². The fourth-order valence-electron chi connectivity index (χ4n) is 0.888. The van der Waals surface area contributed by atoms with Crippen molar-refractivity contribution in [2.24, 2.45) is 11.5 Å². The minimum atomic E-state index is -0.616. The Kier molecular flexibility index (Phi) is 6.30. The second-order valence-electron chi connectivity index (χ2n) is 2.89. The zero-order valence-electron chi connectivity index (χ0n) is 7.77. The molecule has 1 amide bonds. The number of primary amides is 1. The first-order valence-corrected chi connectivity index (χ1v) is 4.23. The second-order valence-corrected chi connectivity index (χ2v) is 2.89. The number of nitrogens with two attached hydrogens (primary N) is 2. The van der Waals surface area contributed by atoms with E-state index in [1.165, 1.54) is 0 Å². The monoisotopic (exact) mass is 202 g/mol. The van der Waals surface area contributed by atoms with E-state index in [0.29, 0.717) is 12.8 Å². The molecule has 0 aliphatic heterocycles. The van der Waals surface area contributed by atoms with E-state index in [4.69, 9.17) is 11.5 Å². The van der Waals surface area contributed by atoms with Gasteiger partial charge in [0.25, 0.3) is 0 Å². The Balaban J connectivity index is 3.52. The molecular weight excluding hydrogens is 188 g/mol. The maximum absolute atomic E-state index is 10.7. The molecule has 1 atom stereocenters. The molecule has 0 saturated heterocycles. The van der Waals surface area contributed by atoms with Gasteiger partial charge in [-0.3, -0.25) is 14.4 Å². The van der Waals surface area contributed by atoms with Crippen LogP contribution in [-0.2, 0) is 19.1 Å². The zero-order valence-corrected chi connectivity index (χ0v) is 7.77. The van der Waals surface area contributed by atoms with Crippen molar-refractivity contribution in [3.63, 3.8) is 0 Å². The standard InChI is InChI=1S/C8H14N2O4/c9-6(1-3-7(10)12)2-4-8(13)14-5-11/h5-6H,1-4,9H2,(H2,10,12). The number of esters is 1. The third-order valence-corrected chi connectivity index (χ3v) is 1.66. The molecule has 0 fully saturated rings. The van der Waals surface area contributed by atoms with Crippen molar-refractivity contribution >= 4 is 18.3 Å². The van der Waals surface area contributed by atoms with Gasteiger partial charge in [0.05, 0.1) is 0 Å². The zero-order chi connectivity index (χ0) is 11.0. The van der Waals surface area contributed by atoms with Crippen LogP contribution >= 0.6 is 0 Å². The average molecular weight is 202 g/mol. The first-order chi connectivity index (χ1) is 6.56. The van der Waals surface area contributed by atoms with Crippen molar-refractivity contribution in [2.75, 3.05) is 0 Å². The van der Waals surface area contributed by atoms with Crippen LogP contribution < -0.4 is 11.5 Å². The summed E-state index contributed by atoms with van der Waals surface area (Å²) in [5.41, 5.74) is 10.5. The van der Waals surface area contributed by atoms with Crippen molar-refractivity contribution in [1.82, 2.24) is 0 Å². The van der Waals surface area contributed by atoms with Crippen LogP contribution in [0.15, 0.2) is 0 Å². The molecule has 0 bridgehead atoms. The lowest BCUT2D eigenvalue weighted by Crippen LogP contribution is -2.24. The minimum Gasteiger partial charge on any atom is -0.395 e. The summed E-state index contributed by atoms with van der Waals surface area (Å²) in [6, 6.07) is -0.276. The van der Waals surface area contributed by atoms with Crippen molar-refractivity contribution in [2.45, 2.75) is 31.7 Å². The summed E-state index contributed by atoms with van der Waals surface area (Å²) >= 11 is 0. The summed E-state index contributed by atoms with van der Waals surface area (Å²) < 4.78 is 4.05. The molecule has 4 N–H and O–H groups in total. The van der Waals surface area contributed by atoms with E-state index < -0.39 is 11.9 Å². The molecule has 0 aromatic rings. The first kappa shape index (κ1) is 12.6. The maximum atomic E-state index is 10.7. The fourth-order valence-corrected chi connectivity index (χ4v) is 0.888. The van der Waals surface area contributed by atoms with Gasteiger partial charge in [-0.25, -0.2) is 0 Å². The molecule has 0 spiro atoms. The van der Waals surface area contributed by atoms with Gasteiger partial charge < -0.3 is 16.2 Å². The van der Waals surface area contributed by atoms with Gasteiger partial charge in [0.2, 0.25) is 5.91 Å². The molecule has 0 aliphatic rings. The summed E-state index contributed by atoms with van der Waals surface area (Å²) in [6.45, 7) is 0.0806. The van der Waals surface area contributed by atoms with E-state index in [1.54, 1.807) is 0 Å². The topological polar surface area (TPSA) is 112 Å². The Hall–Kier alpha value is -1.43. The number of carbonyl (C=O) groups is 3. The van der Waals surface area contributed by atoms with Gasteiger partial charge in [-0.2, -0.15) is 0 Å². The number of rotatable bonds is 7. The van der Waals surface area contributed by atoms with Gasteiger partial charge >= 0.3 is 12.4 Å². The molecule has 0 aromatic carbocycles. The van der Waals surface area contributed by atoms with Crippen LogP contribution in [-0.4, -0.2) is 24.4 Å². The van der Waals surface area contributed by atoms with Crippen molar-refractivity contribution in [1.29, 1.82) is 0 Å². The van der Waals surface area contributed by atoms with E-state index in [9.17, 15) is 14.4 Å². The molecule has 0 aromatic heterocycles. The van der Waals surface area contributed by atoms with Crippen molar-refractivity contribution < 1.29 is 19.1 Å². The van der Waals surface area contributed by atoms with Gasteiger partial charge in [0.15, 0.2) is 0 Å². The predicted molar refractivity (Wildman–Crippen MR) is 47.8 cm³/mol. The highest BCUT2D eigenvalue weighted by atomic mass is 16.6. The number of hydrogen-bond acceptors (Lipinski definition) is 5. The van der Waals surface area contributed by atoms with E-state index in [1.807, 2.05) is 0 Å². The minimum absolute atomic E-state index is 0.0681. The molecule has 1 unspecified atom stereocenters. The lowest BCUT2D eigenvalue weighted by molar-refractivity contribution is -0.151. The molecule has 14 heavy (non-hydrogen) atoms. The van der Waals surface area contributed by atoms with Crippen LogP contribution in [0.4, 0.5) is 0 Å². The smallest absolute Gasteiger partial charge is 0.313 e. The quantitative estimate of drug-likeness (QED) is 0.314. The Morgan fingerprint density at radius 1 is 1.29 bits per heavy atom. The Morgan fingerprint density at radius 2 is 1.86 bits per heavy atom. The van der Waals surface area contributed by atoms with Gasteiger partial charge in [0.1, 0.15) is 0 Å². The van der Waals surface area contributed by atoms with Crippen LogP contribution in [0.1, 0.15) is 25.7 Å². The largest absolute Gasteiger partial charge is 0.395 e. The van der Waals surface area contributed by atoms with Gasteiger partial charge in [-0.05, 0) is 12.8 Å². The normalized spacial score (nSPS) is 11.8. The van der Waals surface area contributed by atoms with E-state index in [-0.39, 0.29) is 25.4 Å². The molecule has 0 heterocycles. The van der Waals surface area contributed by atoms with Gasteiger partial charge in [-0.1, -0.05) is 0 Å². The average Bonchev–Trinajstić information content (AvgIpc) is 2.12. The second kappa shape index (κ2) is 7.02. The fraction of sp³-hybridized carbons (Fsp3) is 0.625. The van der Waals surface area contributed by atoms with Crippen LogP contribution in [0.2, 0.25) is 0 Å². The summed E-state index contributed by atoms with van der Waals surface area (Å²) in [4.78, 5) is 30.8. The highest BCUT2D eigenvalue weighted by Gasteiger charge is 2.08. The van der Waals surface area contributed by atoms with Crippen LogP contribution in [0, 0.1) is 0 Å². The van der Waals surface area contributed by atoms with E-state index in [0.717, 1.165) is 0 Å². The highest BCUT2D eigenvalue weighted by Crippen LogP contribution is 2.02. The number of ether oxygens (including phenoxy) is 1. The van der Waals surface area contributed by atoms with Crippen LogP contribution in [0.25, 0.3) is 0 Å². The van der Waals surface area contributed by atoms with Crippen LogP contribution in [0.5, 0.6) is 0 Å². The van der Waals surface area contributed by atoms with Crippen LogP contribution in [0.3, 0.4) is 0 Å². The molecule has 6 heteroatoms. The highest BCUT2D eigenvalue weighted by molar-refractivity contribution is 5.76. The Labute approximate surface area is 81.6 Å². The Bertz CT molecular complexity index is 217. The van der Waals surface area contributed by atoms with Gasteiger partial charge in [-0.15, -0.1) is 0 Å².